The van der Waals surface area contributed by atoms with Crippen molar-refractivity contribution in [1.29, 1.82) is 0 Å². The van der Waals surface area contributed by atoms with E-state index in [1.807, 2.05) is 0 Å². The number of carbonyl (C=O) groups is 1. The van der Waals surface area contributed by atoms with Gasteiger partial charge in [-0.3, -0.25) is 4.79 Å². The summed E-state index contributed by atoms with van der Waals surface area (Å²) in [6, 6.07) is 6.91. The van der Waals surface area contributed by atoms with Crippen molar-refractivity contribution in [2.75, 3.05) is 11.1 Å². The number of nitrogens with one attached hydrogen (secondary N) is 1. The molecule has 2 rings (SSSR count). The number of aryl methyl sites for hydroxylation is 1. The van der Waals surface area contributed by atoms with Crippen molar-refractivity contribution in [3.63, 3.8) is 0 Å². The fourth-order valence-electron chi connectivity index (χ4n) is 1.69. The number of hydrogen-bond acceptors (Lipinski definition) is 2. The van der Waals surface area contributed by atoms with E-state index in [4.69, 9.17) is 28.9 Å². The molecule has 0 aliphatic carbocycles. The number of nitrogen functional groups attached to an aromatic ring is 1. The third kappa shape index (κ3) is 2.86. The number of carbonyl (C=O) groups excluding carboxylic acids is 1. The molecule has 0 bridgehead atoms. The molecule has 0 aliphatic rings. The van der Waals surface area contributed by atoms with E-state index in [9.17, 15) is 9.18 Å². The lowest BCUT2D eigenvalue weighted by Gasteiger charge is -2.12. The first-order valence-corrected chi connectivity index (χ1v) is 6.46. The topological polar surface area (TPSA) is 55.1 Å². The predicted molar refractivity (Wildman–Crippen MR) is 80.0 cm³/mol. The Balaban J connectivity index is 2.35. The SMILES string of the molecule is Cc1ccc(Cl)c(NC(=O)c2ccc(F)cc2N)c1Cl. The quantitative estimate of drug-likeness (QED) is 0.813. The zero-order chi connectivity index (χ0) is 14.9. The molecule has 0 atom stereocenters. The molecule has 3 nitrogen and oxygen atoms in total. The highest BCUT2D eigenvalue weighted by atomic mass is 35.5. The third-order valence-corrected chi connectivity index (χ3v) is 3.58. The maximum absolute atomic E-state index is 13.0. The number of amides is 1. The van der Waals surface area contributed by atoms with Crippen LogP contribution in [0, 0.1) is 12.7 Å². The van der Waals surface area contributed by atoms with E-state index < -0.39 is 11.7 Å². The molecule has 0 aliphatic heterocycles. The van der Waals surface area contributed by atoms with E-state index in [0.717, 1.165) is 17.7 Å². The van der Waals surface area contributed by atoms with Crippen LogP contribution in [0.2, 0.25) is 10.0 Å². The minimum Gasteiger partial charge on any atom is -0.398 e. The lowest BCUT2D eigenvalue weighted by Crippen LogP contribution is -2.15. The fraction of sp³-hybridized carbons (Fsp3) is 0.0714. The third-order valence-electron chi connectivity index (χ3n) is 2.78. The summed E-state index contributed by atoms with van der Waals surface area (Å²) in [5.74, 6) is -1.01. The van der Waals surface area contributed by atoms with Crippen molar-refractivity contribution in [2.45, 2.75) is 6.92 Å². The highest BCUT2D eigenvalue weighted by molar-refractivity contribution is 6.40. The van der Waals surface area contributed by atoms with Gasteiger partial charge in [-0.15, -0.1) is 0 Å². The van der Waals surface area contributed by atoms with Crippen molar-refractivity contribution in [1.82, 2.24) is 0 Å². The van der Waals surface area contributed by atoms with E-state index >= 15 is 0 Å². The summed E-state index contributed by atoms with van der Waals surface area (Å²) in [7, 11) is 0. The lowest BCUT2D eigenvalue weighted by molar-refractivity contribution is 0.102. The van der Waals surface area contributed by atoms with Crippen molar-refractivity contribution >= 4 is 40.5 Å². The Morgan fingerprint density at radius 3 is 2.60 bits per heavy atom. The normalized spacial score (nSPS) is 10.4. The molecule has 20 heavy (non-hydrogen) atoms. The summed E-state index contributed by atoms with van der Waals surface area (Å²) in [5, 5.41) is 3.26. The highest BCUT2D eigenvalue weighted by Gasteiger charge is 2.15. The van der Waals surface area contributed by atoms with Gasteiger partial charge in [0.15, 0.2) is 0 Å². The zero-order valence-corrected chi connectivity index (χ0v) is 12.0. The summed E-state index contributed by atoms with van der Waals surface area (Å²) < 4.78 is 13.0. The summed E-state index contributed by atoms with van der Waals surface area (Å²) in [6.07, 6.45) is 0. The molecule has 2 aromatic rings. The minimum atomic E-state index is -0.509. The smallest absolute Gasteiger partial charge is 0.257 e. The van der Waals surface area contributed by atoms with Crippen LogP contribution in [-0.4, -0.2) is 5.91 Å². The molecule has 0 saturated carbocycles. The van der Waals surface area contributed by atoms with Crippen LogP contribution >= 0.6 is 23.2 Å². The zero-order valence-electron chi connectivity index (χ0n) is 10.5. The maximum atomic E-state index is 13.0. The second kappa shape index (κ2) is 5.69. The largest absolute Gasteiger partial charge is 0.398 e. The Kier molecular flexibility index (Phi) is 4.16. The number of rotatable bonds is 2. The van der Waals surface area contributed by atoms with E-state index in [1.54, 1.807) is 19.1 Å². The number of hydrogen-bond donors (Lipinski definition) is 2. The van der Waals surface area contributed by atoms with Gasteiger partial charge in [0.05, 0.1) is 21.3 Å². The average Bonchev–Trinajstić information content (AvgIpc) is 2.39. The van der Waals surface area contributed by atoms with E-state index in [1.165, 1.54) is 6.07 Å². The van der Waals surface area contributed by atoms with Gasteiger partial charge in [-0.05, 0) is 36.8 Å². The molecule has 0 radical (unpaired) electrons. The number of benzene rings is 2. The first-order chi connectivity index (χ1) is 9.40. The van der Waals surface area contributed by atoms with Crippen molar-refractivity contribution in [3.8, 4) is 0 Å². The summed E-state index contributed by atoms with van der Waals surface area (Å²) in [5.41, 5.74) is 6.90. The lowest BCUT2D eigenvalue weighted by atomic mass is 10.1. The molecule has 0 heterocycles. The predicted octanol–water partition coefficient (Wildman–Crippen LogP) is 4.28. The Morgan fingerprint density at radius 1 is 1.25 bits per heavy atom. The van der Waals surface area contributed by atoms with Crippen LogP contribution in [0.25, 0.3) is 0 Å². The number of nitrogens with two attached hydrogens (primary N) is 1. The summed E-state index contributed by atoms with van der Waals surface area (Å²) in [4.78, 5) is 12.1. The number of halogens is 3. The summed E-state index contributed by atoms with van der Waals surface area (Å²) >= 11 is 12.1. The Hall–Kier alpha value is -1.78. The van der Waals surface area contributed by atoms with Crippen molar-refractivity contribution in [2.24, 2.45) is 0 Å². The second-order valence-corrected chi connectivity index (χ2v) is 5.02. The van der Waals surface area contributed by atoms with E-state index in [2.05, 4.69) is 5.32 Å². The fourth-order valence-corrected chi connectivity index (χ4v) is 2.16. The Labute approximate surface area is 125 Å². The molecule has 0 spiro atoms. The van der Waals surface area contributed by atoms with Crippen molar-refractivity contribution in [3.05, 3.63) is 57.3 Å². The maximum Gasteiger partial charge on any atom is 0.257 e. The van der Waals surface area contributed by atoms with Gasteiger partial charge in [-0.1, -0.05) is 29.3 Å². The molecule has 1 amide bonds. The summed E-state index contributed by atoms with van der Waals surface area (Å²) in [6.45, 7) is 1.79. The first kappa shape index (κ1) is 14.6. The first-order valence-electron chi connectivity index (χ1n) is 5.71. The minimum absolute atomic E-state index is 0.0439. The van der Waals surface area contributed by atoms with Gasteiger partial charge in [-0.25, -0.2) is 4.39 Å². The van der Waals surface area contributed by atoms with Gasteiger partial charge in [0.1, 0.15) is 5.82 Å². The van der Waals surface area contributed by atoms with E-state index in [-0.39, 0.29) is 11.3 Å². The van der Waals surface area contributed by atoms with Gasteiger partial charge >= 0.3 is 0 Å². The second-order valence-electron chi connectivity index (χ2n) is 4.24. The molecule has 0 unspecified atom stereocenters. The van der Waals surface area contributed by atoms with Crippen LogP contribution in [0.4, 0.5) is 15.8 Å². The van der Waals surface area contributed by atoms with Gasteiger partial charge in [0.2, 0.25) is 0 Å². The highest BCUT2D eigenvalue weighted by Crippen LogP contribution is 2.33. The van der Waals surface area contributed by atoms with Crippen LogP contribution in [0.5, 0.6) is 0 Å². The van der Waals surface area contributed by atoms with Crippen LogP contribution in [0.1, 0.15) is 15.9 Å². The van der Waals surface area contributed by atoms with Gasteiger partial charge in [0, 0.05) is 5.69 Å². The molecule has 104 valence electrons. The molecule has 2 aromatic carbocycles. The van der Waals surface area contributed by atoms with Gasteiger partial charge < -0.3 is 11.1 Å². The molecule has 0 saturated heterocycles. The van der Waals surface area contributed by atoms with Gasteiger partial charge in [-0.2, -0.15) is 0 Å². The molecular formula is C14H11Cl2FN2O. The molecule has 6 heteroatoms. The molecular weight excluding hydrogens is 302 g/mol. The molecule has 3 N–H and O–H groups in total. The monoisotopic (exact) mass is 312 g/mol. The Bertz CT molecular complexity index is 689. The Morgan fingerprint density at radius 2 is 1.95 bits per heavy atom. The molecule has 0 aromatic heterocycles. The van der Waals surface area contributed by atoms with Crippen LogP contribution in [0.3, 0.4) is 0 Å². The van der Waals surface area contributed by atoms with Crippen molar-refractivity contribution < 1.29 is 9.18 Å². The van der Waals surface area contributed by atoms with Crippen LogP contribution in [0.15, 0.2) is 30.3 Å². The standard InChI is InChI=1S/C14H11Cl2FN2O/c1-7-2-5-10(15)13(12(7)16)19-14(20)9-4-3-8(17)6-11(9)18/h2-6H,18H2,1H3,(H,19,20). The molecule has 0 fully saturated rings. The van der Waals surface area contributed by atoms with E-state index in [0.29, 0.717) is 15.7 Å². The van der Waals surface area contributed by atoms with Crippen LogP contribution < -0.4 is 11.1 Å². The van der Waals surface area contributed by atoms with Gasteiger partial charge in [0.25, 0.3) is 5.91 Å². The van der Waals surface area contributed by atoms with Crippen LogP contribution in [-0.2, 0) is 0 Å². The number of anilines is 2. The average molecular weight is 313 g/mol.